The maximum atomic E-state index is 9.84. The quantitative estimate of drug-likeness (QED) is 0.431. The van der Waals surface area contributed by atoms with Crippen molar-refractivity contribution in [2.45, 2.75) is 6.54 Å². The fourth-order valence-corrected chi connectivity index (χ4v) is 3.87. The van der Waals surface area contributed by atoms with Crippen LogP contribution in [0.5, 0.6) is 11.5 Å². The minimum atomic E-state index is 0.196. The average Bonchev–Trinajstić information content (AvgIpc) is 3.42. The summed E-state index contributed by atoms with van der Waals surface area (Å²) < 4.78 is 12.9. The van der Waals surface area contributed by atoms with Gasteiger partial charge in [0.1, 0.15) is 0 Å². The van der Waals surface area contributed by atoms with E-state index in [1.807, 2.05) is 79.0 Å². The second kappa shape index (κ2) is 7.74. The van der Waals surface area contributed by atoms with Crippen molar-refractivity contribution >= 4 is 22.6 Å². The zero-order chi connectivity index (χ0) is 21.2. The highest BCUT2D eigenvalue weighted by molar-refractivity contribution is 5.98. The van der Waals surface area contributed by atoms with Gasteiger partial charge in [-0.1, -0.05) is 36.4 Å². The molecule has 5 rings (SSSR count). The standard InChI is InChI=1S/C26H17N3O2/c27-13-19-5-1-2-6-20(19)15-29-16-22(23-7-3-4-8-24(23)29)11-21(14-28)18-9-10-25-26(12-18)31-17-30-25/h1-12,16H,15,17H2/b21-11-. The van der Waals surface area contributed by atoms with Crippen LogP contribution in [0.15, 0.2) is 72.9 Å². The topological polar surface area (TPSA) is 71.0 Å². The van der Waals surface area contributed by atoms with Gasteiger partial charge in [-0.15, -0.1) is 0 Å². The first-order valence-electron chi connectivity index (χ1n) is 9.84. The second-order valence-electron chi connectivity index (χ2n) is 7.24. The van der Waals surface area contributed by atoms with Gasteiger partial charge in [0, 0.05) is 29.2 Å². The van der Waals surface area contributed by atoms with Crippen LogP contribution in [0.3, 0.4) is 0 Å². The SMILES string of the molecule is N#C/C(=C/c1cn(Cc2ccccc2C#N)c2ccccc12)c1ccc2c(c1)OCO2. The Morgan fingerprint density at radius 1 is 0.968 bits per heavy atom. The van der Waals surface area contributed by atoms with E-state index >= 15 is 0 Å². The van der Waals surface area contributed by atoms with Gasteiger partial charge in [0.2, 0.25) is 6.79 Å². The first-order chi connectivity index (χ1) is 15.3. The average molecular weight is 403 g/mol. The molecular formula is C26H17N3O2. The molecule has 31 heavy (non-hydrogen) atoms. The van der Waals surface area contributed by atoms with E-state index in [0.29, 0.717) is 29.2 Å². The van der Waals surface area contributed by atoms with Crippen LogP contribution in [0, 0.1) is 22.7 Å². The minimum Gasteiger partial charge on any atom is -0.454 e. The highest BCUT2D eigenvalue weighted by Gasteiger charge is 2.16. The van der Waals surface area contributed by atoms with E-state index in [4.69, 9.17) is 9.47 Å². The van der Waals surface area contributed by atoms with Crippen LogP contribution >= 0.6 is 0 Å². The summed E-state index contributed by atoms with van der Waals surface area (Å²) in [6.07, 6.45) is 3.93. The van der Waals surface area contributed by atoms with Crippen molar-refractivity contribution < 1.29 is 9.47 Å². The van der Waals surface area contributed by atoms with Crippen molar-refractivity contribution in [2.24, 2.45) is 0 Å². The van der Waals surface area contributed by atoms with E-state index in [9.17, 15) is 10.5 Å². The number of hydrogen-bond acceptors (Lipinski definition) is 4. The molecule has 1 aliphatic rings. The lowest BCUT2D eigenvalue weighted by Crippen LogP contribution is -2.00. The van der Waals surface area contributed by atoms with Gasteiger partial charge < -0.3 is 14.0 Å². The van der Waals surface area contributed by atoms with Gasteiger partial charge in [0.05, 0.1) is 23.3 Å². The molecular weight excluding hydrogens is 386 g/mol. The lowest BCUT2D eigenvalue weighted by atomic mass is 10.0. The second-order valence-corrected chi connectivity index (χ2v) is 7.24. The van der Waals surface area contributed by atoms with Crippen LogP contribution < -0.4 is 9.47 Å². The molecule has 0 N–H and O–H groups in total. The minimum absolute atomic E-state index is 0.196. The van der Waals surface area contributed by atoms with E-state index in [1.54, 1.807) is 0 Å². The molecule has 0 amide bonds. The molecule has 0 unspecified atom stereocenters. The number of para-hydroxylation sites is 1. The van der Waals surface area contributed by atoms with Gasteiger partial charge in [-0.05, 0) is 47.5 Å². The smallest absolute Gasteiger partial charge is 0.231 e. The maximum Gasteiger partial charge on any atom is 0.231 e. The van der Waals surface area contributed by atoms with E-state index in [1.165, 1.54) is 0 Å². The summed E-state index contributed by atoms with van der Waals surface area (Å²) in [4.78, 5) is 0. The van der Waals surface area contributed by atoms with Crippen LogP contribution in [0.25, 0.3) is 22.6 Å². The molecule has 148 valence electrons. The van der Waals surface area contributed by atoms with Gasteiger partial charge >= 0.3 is 0 Å². The molecule has 0 radical (unpaired) electrons. The number of benzene rings is 3. The van der Waals surface area contributed by atoms with E-state index in [0.717, 1.165) is 27.6 Å². The van der Waals surface area contributed by atoms with Crippen molar-refractivity contribution in [3.63, 3.8) is 0 Å². The van der Waals surface area contributed by atoms with Crippen LogP contribution in [-0.4, -0.2) is 11.4 Å². The molecule has 0 bridgehead atoms. The molecule has 0 aliphatic carbocycles. The van der Waals surface area contributed by atoms with E-state index in [-0.39, 0.29) is 6.79 Å². The molecule has 1 aliphatic heterocycles. The number of nitriles is 2. The van der Waals surface area contributed by atoms with Crippen LogP contribution in [0.2, 0.25) is 0 Å². The van der Waals surface area contributed by atoms with Gasteiger partial charge in [0.25, 0.3) is 0 Å². The third-order valence-corrected chi connectivity index (χ3v) is 5.40. The Balaban J connectivity index is 1.59. The molecule has 5 nitrogen and oxygen atoms in total. The van der Waals surface area contributed by atoms with Crippen LogP contribution in [0.1, 0.15) is 22.3 Å². The number of fused-ring (bicyclic) bond motifs is 2. The Hall–Kier alpha value is -4.48. The first kappa shape index (κ1) is 18.5. The fraction of sp³-hybridized carbons (Fsp3) is 0.0769. The number of allylic oxidation sites excluding steroid dienone is 1. The largest absolute Gasteiger partial charge is 0.454 e. The summed E-state index contributed by atoms with van der Waals surface area (Å²) in [6.45, 7) is 0.770. The molecule has 2 heterocycles. The Morgan fingerprint density at radius 3 is 2.65 bits per heavy atom. The normalized spacial score (nSPS) is 12.5. The molecule has 0 atom stereocenters. The van der Waals surface area contributed by atoms with Crippen molar-refractivity contribution in [3.05, 3.63) is 95.2 Å². The summed E-state index contributed by atoms with van der Waals surface area (Å²) >= 11 is 0. The Morgan fingerprint density at radius 2 is 1.77 bits per heavy atom. The number of nitrogens with zero attached hydrogens (tertiary/aromatic N) is 3. The predicted molar refractivity (Wildman–Crippen MR) is 118 cm³/mol. The number of hydrogen-bond donors (Lipinski definition) is 0. The van der Waals surface area contributed by atoms with Crippen molar-refractivity contribution in [2.75, 3.05) is 6.79 Å². The van der Waals surface area contributed by atoms with E-state index < -0.39 is 0 Å². The Kier molecular flexibility index (Phi) is 4.63. The zero-order valence-corrected chi connectivity index (χ0v) is 16.6. The summed E-state index contributed by atoms with van der Waals surface area (Å²) in [5.41, 5.74) is 4.92. The highest BCUT2D eigenvalue weighted by atomic mass is 16.7. The number of aromatic nitrogens is 1. The molecule has 0 saturated carbocycles. The van der Waals surface area contributed by atoms with Crippen molar-refractivity contribution in [1.82, 2.24) is 4.57 Å². The monoisotopic (exact) mass is 403 g/mol. The van der Waals surface area contributed by atoms with Crippen molar-refractivity contribution in [3.8, 4) is 23.6 Å². The molecule has 0 saturated heterocycles. The summed E-state index contributed by atoms with van der Waals surface area (Å²) in [5, 5.41) is 20.3. The van der Waals surface area contributed by atoms with Gasteiger partial charge in [-0.2, -0.15) is 10.5 Å². The zero-order valence-electron chi connectivity index (χ0n) is 16.6. The molecule has 3 aromatic carbocycles. The summed E-state index contributed by atoms with van der Waals surface area (Å²) in [7, 11) is 0. The predicted octanol–water partition coefficient (Wildman–Crippen LogP) is 5.35. The van der Waals surface area contributed by atoms with Crippen LogP contribution in [-0.2, 0) is 6.54 Å². The van der Waals surface area contributed by atoms with Gasteiger partial charge in [-0.25, -0.2) is 0 Å². The number of ether oxygens (including phenoxy) is 2. The third-order valence-electron chi connectivity index (χ3n) is 5.40. The van der Waals surface area contributed by atoms with Crippen molar-refractivity contribution in [1.29, 1.82) is 10.5 Å². The van der Waals surface area contributed by atoms with Gasteiger partial charge in [-0.3, -0.25) is 0 Å². The molecule has 0 fully saturated rings. The molecule has 0 spiro atoms. The fourth-order valence-electron chi connectivity index (χ4n) is 3.87. The summed E-state index contributed by atoms with van der Waals surface area (Å²) in [6, 6.07) is 25.8. The third kappa shape index (κ3) is 3.39. The first-order valence-corrected chi connectivity index (χ1v) is 9.84. The highest BCUT2D eigenvalue weighted by Crippen LogP contribution is 2.35. The molecule has 5 heteroatoms. The number of rotatable bonds is 4. The lowest BCUT2D eigenvalue weighted by Gasteiger charge is -2.07. The molecule has 1 aromatic heterocycles. The maximum absolute atomic E-state index is 9.84. The Bertz CT molecular complexity index is 1420. The molecule has 4 aromatic rings. The van der Waals surface area contributed by atoms with E-state index in [2.05, 4.69) is 16.7 Å². The lowest BCUT2D eigenvalue weighted by molar-refractivity contribution is 0.174. The van der Waals surface area contributed by atoms with Gasteiger partial charge in [0.15, 0.2) is 11.5 Å². The van der Waals surface area contributed by atoms with Crippen LogP contribution in [0.4, 0.5) is 0 Å². The summed E-state index contributed by atoms with van der Waals surface area (Å²) in [5.74, 6) is 1.34. The Labute approximate surface area is 179 Å².